The lowest BCUT2D eigenvalue weighted by molar-refractivity contribution is -0.134. The average Bonchev–Trinajstić information content (AvgIpc) is 2.38. The van der Waals surface area contributed by atoms with Gasteiger partial charge in [-0.25, -0.2) is 14.4 Å². The summed E-state index contributed by atoms with van der Waals surface area (Å²) in [5.41, 5.74) is -0.380. The first kappa shape index (κ1) is 20.2. The van der Waals surface area contributed by atoms with Crippen LogP contribution in [0.25, 0.3) is 0 Å². The van der Waals surface area contributed by atoms with Crippen molar-refractivity contribution in [1.82, 2.24) is 0 Å². The van der Waals surface area contributed by atoms with Crippen LogP contribution in [-0.2, 0) is 9.59 Å². The number of carboxylic acid groups (broad SMARTS) is 4. The first-order valence-electron chi connectivity index (χ1n) is 5.24. The predicted octanol–water partition coefficient (Wildman–Crippen LogP) is 1.43. The summed E-state index contributed by atoms with van der Waals surface area (Å²) in [7, 11) is 0. The Labute approximate surface area is 119 Å². The number of carbonyl (C=O) groups is 4. The van der Waals surface area contributed by atoms with Crippen molar-refractivity contribution in [1.29, 1.82) is 0 Å². The molecule has 0 aromatic heterocycles. The molecule has 1 rings (SSSR count). The van der Waals surface area contributed by atoms with E-state index in [4.69, 9.17) is 25.2 Å². The van der Waals surface area contributed by atoms with E-state index in [1.54, 1.807) is 0 Å². The number of benzene rings is 1. The van der Waals surface area contributed by atoms with E-state index in [0.717, 1.165) is 13.0 Å². The number of carboxylic acids is 4. The highest BCUT2D eigenvalue weighted by Gasteiger charge is 2.13. The lowest BCUT2D eigenvalue weighted by Gasteiger charge is -1.98. The second-order valence-electron chi connectivity index (χ2n) is 3.22. The van der Waals surface area contributed by atoms with E-state index in [-0.39, 0.29) is 11.1 Å². The van der Waals surface area contributed by atoms with Gasteiger partial charge in [-0.3, -0.25) is 4.79 Å². The van der Waals surface area contributed by atoms with Gasteiger partial charge in [-0.15, -0.1) is 0 Å². The molecule has 4 N–H and O–H groups in total. The molecule has 0 bridgehead atoms. The molecular weight excluding hydrogens is 284 g/mol. The maximum Gasteiger partial charge on any atom is 0.336 e. The van der Waals surface area contributed by atoms with Gasteiger partial charge in [-0.1, -0.05) is 18.7 Å². The number of aliphatic carboxylic acids is 2. The number of hydrogen-bond acceptors (Lipinski definition) is 4. The maximum atomic E-state index is 10.5. The van der Waals surface area contributed by atoms with Crippen molar-refractivity contribution < 1.29 is 39.6 Å². The molecule has 1 aromatic carbocycles. The van der Waals surface area contributed by atoms with E-state index in [1.807, 2.05) is 0 Å². The second kappa shape index (κ2) is 10.7. The number of rotatable bonds is 3. The highest BCUT2D eigenvalue weighted by Crippen LogP contribution is 2.07. The zero-order valence-corrected chi connectivity index (χ0v) is 11.0. The lowest BCUT2D eigenvalue weighted by atomic mass is 10.1. The van der Waals surface area contributed by atoms with E-state index < -0.39 is 23.9 Å². The number of hydrogen-bond donors (Lipinski definition) is 4. The Hall–Kier alpha value is -3.16. The molecule has 0 amide bonds. The van der Waals surface area contributed by atoms with Gasteiger partial charge in [0.15, 0.2) is 0 Å². The molecule has 0 aliphatic carbocycles. The molecule has 0 fully saturated rings. The van der Waals surface area contributed by atoms with Gasteiger partial charge in [0.2, 0.25) is 0 Å². The highest BCUT2D eigenvalue weighted by molar-refractivity contribution is 6.01. The molecule has 1 aromatic rings. The standard InChI is InChI=1S/C8H6O4.C3H4O2.C2H4O2/c9-7(10)5-3-1-2-4-6(5)8(11)12;1-2-3(4)5;1-2(3)4/h1-4H,(H,9,10)(H,11,12);2H,1H2,(H,4,5);1H3,(H,3,4). The minimum absolute atomic E-state index is 0.190. The van der Waals surface area contributed by atoms with Crippen LogP contribution in [0.2, 0.25) is 0 Å². The molecular formula is C13H14O8. The summed E-state index contributed by atoms with van der Waals surface area (Å²) in [5.74, 6) is -4.27. The van der Waals surface area contributed by atoms with Gasteiger partial charge < -0.3 is 20.4 Å². The van der Waals surface area contributed by atoms with E-state index in [1.165, 1.54) is 24.3 Å². The predicted molar refractivity (Wildman–Crippen MR) is 71.5 cm³/mol. The minimum atomic E-state index is -1.23. The van der Waals surface area contributed by atoms with Gasteiger partial charge in [-0.2, -0.15) is 0 Å². The SMILES string of the molecule is C=CC(=O)O.CC(=O)O.O=C(O)c1ccccc1C(=O)O. The summed E-state index contributed by atoms with van der Waals surface area (Å²) in [6.07, 6.45) is 0.833. The van der Waals surface area contributed by atoms with Crippen molar-refractivity contribution in [2.75, 3.05) is 0 Å². The van der Waals surface area contributed by atoms with Crippen LogP contribution in [0.5, 0.6) is 0 Å². The Morgan fingerprint density at radius 1 is 0.905 bits per heavy atom. The summed E-state index contributed by atoms with van der Waals surface area (Å²) in [6, 6.07) is 5.48. The van der Waals surface area contributed by atoms with Crippen LogP contribution in [0.15, 0.2) is 36.9 Å². The van der Waals surface area contributed by atoms with Crippen molar-refractivity contribution in [3.63, 3.8) is 0 Å². The normalized spacial score (nSPS) is 8.05. The molecule has 8 nitrogen and oxygen atoms in total. The Morgan fingerprint density at radius 2 is 1.14 bits per heavy atom. The fourth-order valence-corrected chi connectivity index (χ4v) is 0.856. The Bertz CT molecular complexity index is 496. The third-order valence-corrected chi connectivity index (χ3v) is 1.56. The first-order chi connectivity index (χ1) is 9.63. The molecule has 0 saturated heterocycles. The van der Waals surface area contributed by atoms with Crippen LogP contribution in [0.4, 0.5) is 0 Å². The molecule has 0 unspecified atom stereocenters. The van der Waals surface area contributed by atoms with E-state index in [9.17, 15) is 14.4 Å². The van der Waals surface area contributed by atoms with Gasteiger partial charge in [-0.05, 0) is 12.1 Å². The van der Waals surface area contributed by atoms with Crippen LogP contribution in [0.3, 0.4) is 0 Å². The Morgan fingerprint density at radius 3 is 1.29 bits per heavy atom. The molecule has 0 aliphatic rings. The van der Waals surface area contributed by atoms with E-state index in [2.05, 4.69) is 6.58 Å². The third kappa shape index (κ3) is 11.7. The summed E-state index contributed by atoms with van der Waals surface area (Å²) in [6.45, 7) is 4.04. The summed E-state index contributed by atoms with van der Waals surface area (Å²) in [4.78, 5) is 39.2. The van der Waals surface area contributed by atoms with Crippen molar-refractivity contribution in [2.45, 2.75) is 6.92 Å². The van der Waals surface area contributed by atoms with Crippen LogP contribution in [-0.4, -0.2) is 44.3 Å². The molecule has 0 saturated carbocycles. The molecule has 0 aliphatic heterocycles. The summed E-state index contributed by atoms with van der Waals surface area (Å²) < 4.78 is 0. The topological polar surface area (TPSA) is 149 Å². The van der Waals surface area contributed by atoms with Crippen molar-refractivity contribution in [2.24, 2.45) is 0 Å². The first-order valence-corrected chi connectivity index (χ1v) is 5.24. The molecule has 0 spiro atoms. The average molecular weight is 298 g/mol. The molecule has 0 atom stereocenters. The third-order valence-electron chi connectivity index (χ3n) is 1.56. The molecule has 8 heteroatoms. The van der Waals surface area contributed by atoms with Crippen LogP contribution >= 0.6 is 0 Å². The number of aromatic carboxylic acids is 2. The van der Waals surface area contributed by atoms with Gasteiger partial charge in [0.1, 0.15) is 0 Å². The van der Waals surface area contributed by atoms with Crippen LogP contribution < -0.4 is 0 Å². The fourth-order valence-electron chi connectivity index (χ4n) is 0.856. The smallest absolute Gasteiger partial charge is 0.336 e. The van der Waals surface area contributed by atoms with Crippen LogP contribution in [0, 0.1) is 0 Å². The second-order valence-corrected chi connectivity index (χ2v) is 3.22. The molecule has 21 heavy (non-hydrogen) atoms. The Kier molecular flexibility index (Phi) is 10.3. The van der Waals surface area contributed by atoms with Gasteiger partial charge >= 0.3 is 17.9 Å². The monoisotopic (exact) mass is 298 g/mol. The quantitative estimate of drug-likeness (QED) is 0.612. The Balaban J connectivity index is 0. The largest absolute Gasteiger partial charge is 0.481 e. The van der Waals surface area contributed by atoms with Gasteiger partial charge in [0.05, 0.1) is 11.1 Å². The summed E-state index contributed by atoms with van der Waals surface area (Å²) >= 11 is 0. The zero-order valence-electron chi connectivity index (χ0n) is 11.0. The molecule has 0 heterocycles. The molecule has 0 radical (unpaired) electrons. The lowest BCUT2D eigenvalue weighted by Crippen LogP contribution is -2.06. The molecule has 114 valence electrons. The minimum Gasteiger partial charge on any atom is -0.481 e. The van der Waals surface area contributed by atoms with Gasteiger partial charge in [0, 0.05) is 13.0 Å². The van der Waals surface area contributed by atoms with E-state index >= 15 is 0 Å². The van der Waals surface area contributed by atoms with Crippen molar-refractivity contribution in [3.05, 3.63) is 48.0 Å². The fraction of sp³-hybridized carbons (Fsp3) is 0.0769. The summed E-state index contributed by atoms with van der Waals surface area (Å²) in [5, 5.41) is 32.1. The van der Waals surface area contributed by atoms with Gasteiger partial charge in [0.25, 0.3) is 5.97 Å². The van der Waals surface area contributed by atoms with Crippen LogP contribution in [0.1, 0.15) is 27.6 Å². The van der Waals surface area contributed by atoms with E-state index in [0.29, 0.717) is 0 Å². The zero-order chi connectivity index (χ0) is 17.0. The van der Waals surface area contributed by atoms with Crippen molar-refractivity contribution in [3.8, 4) is 0 Å². The highest BCUT2D eigenvalue weighted by atomic mass is 16.4. The maximum absolute atomic E-state index is 10.5. The van der Waals surface area contributed by atoms with Crippen molar-refractivity contribution >= 4 is 23.9 Å².